The first-order valence-corrected chi connectivity index (χ1v) is 8.67. The van der Waals surface area contributed by atoms with E-state index in [-0.39, 0.29) is 22.5 Å². The SMILES string of the molecule is COc1ccc(OC)c(N2C(=O)C(Cl)=C(NC(C)c3ccccc3)C2=O)c1. The first-order chi connectivity index (χ1) is 13.0. The van der Waals surface area contributed by atoms with Crippen molar-refractivity contribution < 1.29 is 19.1 Å². The van der Waals surface area contributed by atoms with Crippen molar-refractivity contribution in [2.45, 2.75) is 13.0 Å². The van der Waals surface area contributed by atoms with Crippen molar-refractivity contribution in [3.05, 3.63) is 64.8 Å². The van der Waals surface area contributed by atoms with Crippen LogP contribution in [0.15, 0.2) is 59.3 Å². The fourth-order valence-corrected chi connectivity index (χ4v) is 3.08. The van der Waals surface area contributed by atoms with Gasteiger partial charge in [-0.2, -0.15) is 0 Å². The normalized spacial score (nSPS) is 15.2. The third kappa shape index (κ3) is 3.48. The molecule has 0 saturated heterocycles. The molecule has 0 aromatic heterocycles. The van der Waals surface area contributed by atoms with E-state index in [0.717, 1.165) is 10.5 Å². The molecule has 2 aromatic carbocycles. The Balaban J connectivity index is 1.93. The molecule has 2 aromatic rings. The van der Waals surface area contributed by atoms with E-state index in [1.54, 1.807) is 18.2 Å². The van der Waals surface area contributed by atoms with Gasteiger partial charge in [0.1, 0.15) is 22.2 Å². The van der Waals surface area contributed by atoms with Gasteiger partial charge in [-0.3, -0.25) is 9.59 Å². The Kier molecular flexibility index (Phi) is 5.37. The Hall–Kier alpha value is -2.99. The maximum atomic E-state index is 13.0. The molecule has 1 aliphatic rings. The van der Waals surface area contributed by atoms with Crippen molar-refractivity contribution >= 4 is 29.1 Å². The number of rotatable bonds is 6. The Morgan fingerprint density at radius 3 is 2.33 bits per heavy atom. The largest absolute Gasteiger partial charge is 0.497 e. The van der Waals surface area contributed by atoms with Crippen molar-refractivity contribution in [3.8, 4) is 11.5 Å². The van der Waals surface area contributed by atoms with Gasteiger partial charge in [-0.25, -0.2) is 4.90 Å². The molecule has 140 valence electrons. The van der Waals surface area contributed by atoms with Gasteiger partial charge >= 0.3 is 0 Å². The fraction of sp³-hybridized carbons (Fsp3) is 0.200. The molecule has 1 heterocycles. The lowest BCUT2D eigenvalue weighted by Gasteiger charge is -2.20. The Morgan fingerprint density at radius 2 is 1.70 bits per heavy atom. The second-order valence-corrected chi connectivity index (χ2v) is 6.33. The quantitative estimate of drug-likeness (QED) is 0.771. The summed E-state index contributed by atoms with van der Waals surface area (Å²) in [6, 6.07) is 14.2. The number of amides is 2. The van der Waals surface area contributed by atoms with Crippen molar-refractivity contribution in [1.82, 2.24) is 5.32 Å². The molecular formula is C20H19ClN2O4. The molecule has 1 aliphatic heterocycles. The number of imide groups is 1. The summed E-state index contributed by atoms with van der Waals surface area (Å²) in [6.45, 7) is 1.89. The second-order valence-electron chi connectivity index (χ2n) is 5.95. The molecule has 0 radical (unpaired) electrons. The zero-order valence-electron chi connectivity index (χ0n) is 15.2. The number of halogens is 1. The minimum absolute atomic E-state index is 0.0582. The summed E-state index contributed by atoms with van der Waals surface area (Å²) < 4.78 is 10.5. The van der Waals surface area contributed by atoms with Crippen LogP contribution in [0.5, 0.6) is 11.5 Å². The first kappa shape index (κ1) is 18.8. The van der Waals surface area contributed by atoms with Crippen LogP contribution in [0.25, 0.3) is 0 Å². The molecule has 0 spiro atoms. The van der Waals surface area contributed by atoms with Crippen LogP contribution in [0, 0.1) is 0 Å². The number of nitrogens with zero attached hydrogens (tertiary/aromatic N) is 1. The monoisotopic (exact) mass is 386 g/mol. The van der Waals surface area contributed by atoms with Crippen LogP contribution >= 0.6 is 11.6 Å². The van der Waals surface area contributed by atoms with Gasteiger partial charge in [0.2, 0.25) is 0 Å². The lowest BCUT2D eigenvalue weighted by Crippen LogP contribution is -2.34. The third-order valence-electron chi connectivity index (χ3n) is 4.31. The third-order valence-corrected chi connectivity index (χ3v) is 4.67. The van der Waals surface area contributed by atoms with Crippen molar-refractivity contribution in [3.63, 3.8) is 0 Å². The van der Waals surface area contributed by atoms with Crippen LogP contribution < -0.4 is 19.7 Å². The van der Waals surface area contributed by atoms with Gasteiger partial charge in [0.05, 0.1) is 19.9 Å². The van der Waals surface area contributed by atoms with Crippen molar-refractivity contribution in [2.75, 3.05) is 19.1 Å². The fourth-order valence-electron chi connectivity index (χ4n) is 2.86. The zero-order valence-corrected chi connectivity index (χ0v) is 15.9. The molecule has 27 heavy (non-hydrogen) atoms. The molecule has 7 heteroatoms. The van der Waals surface area contributed by atoms with Crippen LogP contribution in [-0.2, 0) is 9.59 Å². The van der Waals surface area contributed by atoms with Crippen molar-refractivity contribution in [2.24, 2.45) is 0 Å². The predicted molar refractivity (Wildman–Crippen MR) is 103 cm³/mol. The van der Waals surface area contributed by atoms with Crippen LogP contribution in [0.4, 0.5) is 5.69 Å². The maximum Gasteiger partial charge on any atom is 0.283 e. The average Bonchev–Trinajstić information content (AvgIpc) is 2.91. The van der Waals surface area contributed by atoms with E-state index in [9.17, 15) is 9.59 Å². The highest BCUT2D eigenvalue weighted by atomic mass is 35.5. The highest BCUT2D eigenvalue weighted by Crippen LogP contribution is 2.37. The van der Waals surface area contributed by atoms with Crippen LogP contribution in [0.3, 0.4) is 0 Å². The average molecular weight is 387 g/mol. The van der Waals surface area contributed by atoms with Crippen molar-refractivity contribution in [1.29, 1.82) is 0 Å². The van der Waals surface area contributed by atoms with Gasteiger partial charge in [-0.1, -0.05) is 41.9 Å². The van der Waals surface area contributed by atoms with Gasteiger partial charge in [-0.05, 0) is 24.6 Å². The summed E-state index contributed by atoms with van der Waals surface area (Å²) in [6.07, 6.45) is 0. The lowest BCUT2D eigenvalue weighted by atomic mass is 10.1. The molecule has 0 aliphatic carbocycles. The number of carbonyl (C=O) groups excluding carboxylic acids is 2. The molecule has 6 nitrogen and oxygen atoms in total. The van der Waals surface area contributed by atoms with E-state index in [2.05, 4.69) is 5.32 Å². The van der Waals surface area contributed by atoms with E-state index < -0.39 is 11.8 Å². The first-order valence-electron chi connectivity index (χ1n) is 8.30. The molecule has 0 saturated carbocycles. The van der Waals surface area contributed by atoms with E-state index in [1.807, 2.05) is 37.3 Å². The molecule has 1 N–H and O–H groups in total. The van der Waals surface area contributed by atoms with Gasteiger partial charge in [0.15, 0.2) is 0 Å². The summed E-state index contributed by atoms with van der Waals surface area (Å²) in [7, 11) is 2.96. The molecule has 0 bridgehead atoms. The summed E-state index contributed by atoms with van der Waals surface area (Å²) in [4.78, 5) is 26.6. The topological polar surface area (TPSA) is 67.9 Å². The number of benzene rings is 2. The van der Waals surface area contributed by atoms with Gasteiger partial charge in [0, 0.05) is 12.1 Å². The Bertz CT molecular complexity index is 911. The lowest BCUT2D eigenvalue weighted by molar-refractivity contribution is -0.120. The predicted octanol–water partition coefficient (Wildman–Crippen LogP) is 3.38. The maximum absolute atomic E-state index is 13.0. The highest BCUT2D eigenvalue weighted by molar-refractivity contribution is 6.52. The minimum atomic E-state index is -0.615. The van der Waals surface area contributed by atoms with Gasteiger partial charge < -0.3 is 14.8 Å². The number of nitrogens with one attached hydrogen (secondary N) is 1. The van der Waals surface area contributed by atoms with Crippen LogP contribution in [0.2, 0.25) is 0 Å². The number of hydrogen-bond acceptors (Lipinski definition) is 5. The summed E-state index contributed by atoms with van der Waals surface area (Å²) in [5.41, 5.74) is 1.30. The number of methoxy groups -OCH3 is 2. The van der Waals surface area contributed by atoms with E-state index in [1.165, 1.54) is 14.2 Å². The number of anilines is 1. The molecular weight excluding hydrogens is 368 g/mol. The highest BCUT2D eigenvalue weighted by Gasteiger charge is 2.40. The minimum Gasteiger partial charge on any atom is -0.497 e. The van der Waals surface area contributed by atoms with E-state index in [4.69, 9.17) is 21.1 Å². The van der Waals surface area contributed by atoms with E-state index in [0.29, 0.717) is 11.5 Å². The summed E-state index contributed by atoms with van der Waals surface area (Å²) in [5.74, 6) is -0.309. The van der Waals surface area contributed by atoms with Gasteiger partial charge in [0.25, 0.3) is 11.8 Å². The number of hydrogen-bond donors (Lipinski definition) is 1. The summed E-state index contributed by atoms with van der Waals surface area (Å²) >= 11 is 6.20. The molecule has 2 amide bonds. The number of ether oxygens (including phenoxy) is 2. The number of carbonyl (C=O) groups is 2. The smallest absolute Gasteiger partial charge is 0.283 e. The van der Waals surface area contributed by atoms with Crippen LogP contribution in [0.1, 0.15) is 18.5 Å². The molecule has 1 atom stereocenters. The Morgan fingerprint density at radius 1 is 1.00 bits per heavy atom. The van der Waals surface area contributed by atoms with E-state index >= 15 is 0 Å². The van der Waals surface area contributed by atoms with Crippen LogP contribution in [-0.4, -0.2) is 26.0 Å². The van der Waals surface area contributed by atoms with Gasteiger partial charge in [-0.15, -0.1) is 0 Å². The molecule has 1 unspecified atom stereocenters. The zero-order chi connectivity index (χ0) is 19.6. The molecule has 3 rings (SSSR count). The standard InChI is InChI=1S/C20H19ClN2O4/c1-12(13-7-5-4-6-8-13)22-18-17(21)19(24)23(20(18)25)15-11-14(26-2)9-10-16(15)27-3/h4-12,22H,1-3H3. The second kappa shape index (κ2) is 7.72. The summed E-state index contributed by atoms with van der Waals surface area (Å²) in [5, 5.41) is 2.89. The molecule has 0 fully saturated rings. The Labute approximate surface area is 162 Å².